The smallest absolute Gasteiger partial charge is 0.186 e. The minimum absolute atomic E-state index is 0.279. The third kappa shape index (κ3) is 2.51. The van der Waals surface area contributed by atoms with E-state index in [4.69, 9.17) is 4.74 Å². The maximum Gasteiger partial charge on any atom is 0.186 e. The Morgan fingerprint density at radius 2 is 1.71 bits per heavy atom. The second-order valence-electron chi connectivity index (χ2n) is 6.63. The molecule has 0 radical (unpaired) electrons. The van der Waals surface area contributed by atoms with Gasteiger partial charge in [0.15, 0.2) is 11.8 Å². The Morgan fingerprint density at radius 3 is 2.46 bits per heavy atom. The largest absolute Gasteiger partial charge is 0.377 e. The lowest BCUT2D eigenvalue weighted by atomic mass is 9.72. The maximum atomic E-state index is 6.12. The van der Waals surface area contributed by atoms with Crippen LogP contribution in [0.1, 0.15) is 42.0 Å². The second-order valence-corrected chi connectivity index (χ2v) is 6.63. The van der Waals surface area contributed by atoms with Gasteiger partial charge in [-0.25, -0.2) is 4.58 Å². The fourth-order valence-electron chi connectivity index (χ4n) is 4.24. The summed E-state index contributed by atoms with van der Waals surface area (Å²) in [5.74, 6) is 0.330. The molecule has 2 aromatic rings. The first-order valence-electron chi connectivity index (χ1n) is 8.83. The van der Waals surface area contributed by atoms with Crippen LogP contribution in [0.4, 0.5) is 0 Å². The van der Waals surface area contributed by atoms with Crippen LogP contribution >= 0.6 is 0 Å². The SMILES string of the molecule is CCO[C@H]1C[C@H]2c3ccccc3[C@H]1C(/C=C/c1ccccc1)=[N+]2C. The standard InChI is InChI=1S/C22H24NO/c1-3-24-21-15-20-17-11-7-8-12-18(17)22(21)19(23(20)2)14-13-16-9-5-4-6-10-16/h4-14,20-22H,3,15H2,1-2H3/q+1/b14-13+/t20-,21-,22-/m0/s1. The van der Waals surface area contributed by atoms with Crippen LogP contribution in [0.15, 0.2) is 60.7 Å². The van der Waals surface area contributed by atoms with Crippen molar-refractivity contribution in [3.05, 3.63) is 77.4 Å². The van der Waals surface area contributed by atoms with Gasteiger partial charge >= 0.3 is 0 Å². The zero-order chi connectivity index (χ0) is 16.5. The van der Waals surface area contributed by atoms with E-state index in [9.17, 15) is 0 Å². The lowest BCUT2D eigenvalue weighted by molar-refractivity contribution is -0.557. The minimum atomic E-state index is 0.279. The molecule has 0 fully saturated rings. The Bertz CT molecular complexity index is 791. The molecular weight excluding hydrogens is 294 g/mol. The topological polar surface area (TPSA) is 12.2 Å². The first-order valence-corrected chi connectivity index (χ1v) is 8.83. The van der Waals surface area contributed by atoms with Crippen molar-refractivity contribution in [3.8, 4) is 0 Å². The third-order valence-electron chi connectivity index (χ3n) is 5.34. The van der Waals surface area contributed by atoms with E-state index in [0.29, 0.717) is 12.0 Å². The van der Waals surface area contributed by atoms with Crippen LogP contribution in [-0.4, -0.2) is 30.0 Å². The highest BCUT2D eigenvalue weighted by atomic mass is 16.5. The van der Waals surface area contributed by atoms with Gasteiger partial charge in [-0.15, -0.1) is 0 Å². The highest BCUT2D eigenvalue weighted by molar-refractivity contribution is 6.01. The van der Waals surface area contributed by atoms with Crippen molar-refractivity contribution in [2.75, 3.05) is 13.7 Å². The zero-order valence-corrected chi connectivity index (χ0v) is 14.4. The second kappa shape index (κ2) is 6.37. The summed E-state index contributed by atoms with van der Waals surface area (Å²) >= 11 is 0. The molecule has 2 heterocycles. The van der Waals surface area contributed by atoms with Crippen LogP contribution in [0.25, 0.3) is 6.08 Å². The van der Waals surface area contributed by atoms with Gasteiger partial charge in [0.1, 0.15) is 7.05 Å². The van der Waals surface area contributed by atoms with Crippen molar-refractivity contribution >= 4 is 11.8 Å². The molecule has 5 rings (SSSR count). The molecule has 0 spiro atoms. The van der Waals surface area contributed by atoms with Crippen LogP contribution < -0.4 is 0 Å². The lowest BCUT2D eigenvalue weighted by Crippen LogP contribution is -2.46. The Labute approximate surface area is 144 Å². The molecular formula is C22H24NO+. The van der Waals surface area contributed by atoms with Crippen LogP contribution in [0.5, 0.6) is 0 Å². The quantitative estimate of drug-likeness (QED) is 0.760. The molecule has 2 bridgehead atoms. The summed E-state index contributed by atoms with van der Waals surface area (Å²) in [7, 11) is 2.22. The van der Waals surface area contributed by atoms with Gasteiger partial charge in [0, 0.05) is 24.7 Å². The summed E-state index contributed by atoms with van der Waals surface area (Å²) in [5.41, 5.74) is 5.52. The monoisotopic (exact) mass is 318 g/mol. The fraction of sp³-hybridized carbons (Fsp3) is 0.318. The number of nitrogens with zero attached hydrogens (tertiary/aromatic N) is 1. The van der Waals surface area contributed by atoms with Crippen LogP contribution in [-0.2, 0) is 4.74 Å². The molecule has 0 saturated heterocycles. The number of fused-ring (bicyclic) bond motifs is 1. The Kier molecular flexibility index (Phi) is 4.07. The van der Waals surface area contributed by atoms with Gasteiger partial charge in [-0.1, -0.05) is 54.6 Å². The number of rotatable bonds is 4. The predicted octanol–water partition coefficient (Wildman–Crippen LogP) is 4.43. The highest BCUT2D eigenvalue weighted by Crippen LogP contribution is 2.45. The molecule has 3 aliphatic rings. The predicted molar refractivity (Wildman–Crippen MR) is 98.6 cm³/mol. The molecule has 24 heavy (non-hydrogen) atoms. The van der Waals surface area contributed by atoms with E-state index in [-0.39, 0.29) is 6.10 Å². The van der Waals surface area contributed by atoms with Crippen molar-refractivity contribution in [1.29, 1.82) is 0 Å². The Morgan fingerprint density at radius 1 is 1.00 bits per heavy atom. The van der Waals surface area contributed by atoms with Gasteiger partial charge in [-0.2, -0.15) is 0 Å². The molecule has 0 N–H and O–H groups in total. The molecule has 2 nitrogen and oxygen atoms in total. The van der Waals surface area contributed by atoms with Crippen molar-refractivity contribution in [1.82, 2.24) is 0 Å². The van der Waals surface area contributed by atoms with E-state index in [1.54, 1.807) is 0 Å². The molecule has 0 amide bonds. The molecule has 0 aromatic heterocycles. The first-order chi connectivity index (χ1) is 11.8. The van der Waals surface area contributed by atoms with Crippen molar-refractivity contribution in [2.24, 2.45) is 0 Å². The molecule has 122 valence electrons. The lowest BCUT2D eigenvalue weighted by Gasteiger charge is -2.40. The van der Waals surface area contributed by atoms with E-state index in [2.05, 4.69) is 85.3 Å². The molecule has 2 aliphatic heterocycles. The maximum absolute atomic E-state index is 6.12. The van der Waals surface area contributed by atoms with Crippen LogP contribution in [0.3, 0.4) is 0 Å². The number of benzene rings is 2. The average molecular weight is 318 g/mol. The Balaban J connectivity index is 1.76. The average Bonchev–Trinajstić information content (AvgIpc) is 2.63. The third-order valence-corrected chi connectivity index (χ3v) is 5.34. The van der Waals surface area contributed by atoms with Crippen molar-refractivity contribution in [2.45, 2.75) is 31.4 Å². The van der Waals surface area contributed by atoms with Gasteiger partial charge in [0.05, 0.1) is 12.0 Å². The minimum Gasteiger partial charge on any atom is -0.377 e. The van der Waals surface area contributed by atoms with Gasteiger partial charge in [-0.3, -0.25) is 0 Å². The molecule has 0 saturated carbocycles. The number of hydrogen-bond acceptors (Lipinski definition) is 1. The van der Waals surface area contributed by atoms with Gasteiger partial charge < -0.3 is 4.74 Å². The van der Waals surface area contributed by atoms with Gasteiger partial charge in [-0.05, 0) is 24.1 Å². The van der Waals surface area contributed by atoms with E-state index >= 15 is 0 Å². The molecule has 0 unspecified atom stereocenters. The number of hydrogen-bond donors (Lipinski definition) is 0. The van der Waals surface area contributed by atoms with Crippen molar-refractivity contribution in [3.63, 3.8) is 0 Å². The Hall–Kier alpha value is -2.19. The van der Waals surface area contributed by atoms with Gasteiger partial charge in [0.25, 0.3) is 0 Å². The summed E-state index contributed by atoms with van der Waals surface area (Å²) in [5, 5.41) is 0. The van der Waals surface area contributed by atoms with Crippen molar-refractivity contribution < 1.29 is 9.31 Å². The van der Waals surface area contributed by atoms with E-state index in [1.807, 2.05) is 0 Å². The fourth-order valence-corrected chi connectivity index (χ4v) is 4.24. The van der Waals surface area contributed by atoms with E-state index in [0.717, 1.165) is 13.0 Å². The summed E-state index contributed by atoms with van der Waals surface area (Å²) < 4.78 is 8.57. The molecule has 3 atom stereocenters. The van der Waals surface area contributed by atoms with E-state index < -0.39 is 0 Å². The normalized spacial score (nSPS) is 25.3. The molecule has 1 aliphatic carbocycles. The van der Waals surface area contributed by atoms with Crippen LogP contribution in [0.2, 0.25) is 0 Å². The van der Waals surface area contributed by atoms with E-state index in [1.165, 1.54) is 22.4 Å². The van der Waals surface area contributed by atoms with Crippen LogP contribution in [0, 0.1) is 0 Å². The number of ether oxygens (including phenoxy) is 1. The summed E-state index contributed by atoms with van der Waals surface area (Å²) in [4.78, 5) is 0. The molecule has 2 aromatic carbocycles. The summed E-state index contributed by atoms with van der Waals surface area (Å²) in [6.07, 6.45) is 5.86. The highest BCUT2D eigenvalue weighted by Gasteiger charge is 2.49. The summed E-state index contributed by atoms with van der Waals surface area (Å²) in [6, 6.07) is 19.8. The number of allylic oxidation sites excluding steroid dienone is 1. The zero-order valence-electron chi connectivity index (χ0n) is 14.4. The molecule has 2 heteroatoms. The summed E-state index contributed by atoms with van der Waals surface area (Å²) in [6.45, 7) is 2.87. The van der Waals surface area contributed by atoms with Gasteiger partial charge in [0.2, 0.25) is 0 Å². The first kappa shape index (κ1) is 15.3.